The second kappa shape index (κ2) is 3.31. The van der Waals surface area contributed by atoms with Crippen LogP contribution in [0.15, 0.2) is 18.2 Å². The highest BCUT2D eigenvalue weighted by Gasteiger charge is 2.24. The van der Waals surface area contributed by atoms with E-state index in [9.17, 15) is 14.4 Å². The van der Waals surface area contributed by atoms with Gasteiger partial charge in [0.25, 0.3) is 0 Å². The number of Topliss-reactive ketones (excluding diaryl/α,β-unsaturated/α-hetero) is 2. The second-order valence-electron chi connectivity index (χ2n) is 3.41. The van der Waals surface area contributed by atoms with Crippen LogP contribution in [0.4, 0.5) is 0 Å². The first-order valence-electron chi connectivity index (χ1n) is 4.53. The highest BCUT2D eigenvalue weighted by atomic mass is 16.4. The lowest BCUT2D eigenvalue weighted by Crippen LogP contribution is -2.17. The summed E-state index contributed by atoms with van der Waals surface area (Å²) in [6.07, 6.45) is 0.396. The first-order chi connectivity index (χ1) is 7.09. The summed E-state index contributed by atoms with van der Waals surface area (Å²) < 4.78 is 0. The number of rotatable bonds is 1. The number of carboxylic acids is 1. The molecule has 0 saturated carbocycles. The lowest BCUT2D eigenvalue weighted by Gasteiger charge is -2.13. The zero-order valence-electron chi connectivity index (χ0n) is 7.82. The van der Waals surface area contributed by atoms with Crippen LogP contribution in [-0.2, 0) is 0 Å². The lowest BCUT2D eigenvalue weighted by atomic mass is 9.88. The van der Waals surface area contributed by atoms with Gasteiger partial charge in [0, 0.05) is 24.0 Å². The molecule has 0 aromatic heterocycles. The summed E-state index contributed by atoms with van der Waals surface area (Å²) >= 11 is 0. The number of ketones is 2. The van der Waals surface area contributed by atoms with Crippen LogP contribution in [0.2, 0.25) is 0 Å². The quantitative estimate of drug-likeness (QED) is 0.753. The highest BCUT2D eigenvalue weighted by molar-refractivity contribution is 6.14. The summed E-state index contributed by atoms with van der Waals surface area (Å²) in [7, 11) is 0. The van der Waals surface area contributed by atoms with E-state index in [-0.39, 0.29) is 35.5 Å². The summed E-state index contributed by atoms with van der Waals surface area (Å²) in [4.78, 5) is 33.6. The van der Waals surface area contributed by atoms with E-state index in [4.69, 9.17) is 5.11 Å². The molecule has 4 nitrogen and oxygen atoms in total. The van der Waals surface area contributed by atoms with Crippen molar-refractivity contribution in [1.82, 2.24) is 0 Å². The van der Waals surface area contributed by atoms with Crippen molar-refractivity contribution < 1.29 is 19.5 Å². The van der Waals surface area contributed by atoms with Gasteiger partial charge in [-0.3, -0.25) is 9.59 Å². The molecule has 0 spiro atoms. The maximum atomic E-state index is 11.5. The Morgan fingerprint density at radius 1 is 1.07 bits per heavy atom. The van der Waals surface area contributed by atoms with Gasteiger partial charge in [0.2, 0.25) is 0 Å². The van der Waals surface area contributed by atoms with Crippen molar-refractivity contribution in [3.63, 3.8) is 0 Å². The fourth-order valence-electron chi connectivity index (χ4n) is 1.65. The van der Waals surface area contributed by atoms with Gasteiger partial charge in [0.15, 0.2) is 11.6 Å². The highest BCUT2D eigenvalue weighted by Crippen LogP contribution is 2.22. The Balaban J connectivity index is 2.59. The van der Waals surface area contributed by atoms with Crippen molar-refractivity contribution in [3.8, 4) is 0 Å². The molecule has 0 heterocycles. The number of carboxylic acid groups (broad SMARTS) is 1. The summed E-state index contributed by atoms with van der Waals surface area (Å²) in [5.74, 6) is -1.35. The van der Waals surface area contributed by atoms with Crippen molar-refractivity contribution in [2.24, 2.45) is 0 Å². The van der Waals surface area contributed by atoms with E-state index in [1.54, 1.807) is 0 Å². The number of fused-ring (bicyclic) bond motifs is 1. The van der Waals surface area contributed by atoms with Gasteiger partial charge in [0.1, 0.15) is 0 Å². The molecule has 1 N–H and O–H groups in total. The number of carbonyl (C=O) groups is 3. The molecule has 1 aliphatic rings. The smallest absolute Gasteiger partial charge is 0.335 e. The Labute approximate surface area is 85.5 Å². The third kappa shape index (κ3) is 1.54. The predicted molar refractivity (Wildman–Crippen MR) is 51.3 cm³/mol. The van der Waals surface area contributed by atoms with Gasteiger partial charge in [-0.1, -0.05) is 0 Å². The van der Waals surface area contributed by atoms with Gasteiger partial charge >= 0.3 is 5.97 Å². The van der Waals surface area contributed by atoms with Crippen LogP contribution in [0.3, 0.4) is 0 Å². The van der Waals surface area contributed by atoms with E-state index in [2.05, 4.69) is 0 Å². The van der Waals surface area contributed by atoms with Gasteiger partial charge < -0.3 is 5.11 Å². The molecule has 0 saturated heterocycles. The number of hydrogen-bond acceptors (Lipinski definition) is 3. The van der Waals surface area contributed by atoms with Crippen LogP contribution in [-0.4, -0.2) is 22.6 Å². The molecule has 0 bridgehead atoms. The number of carbonyl (C=O) groups excluding carboxylic acids is 2. The molecule has 1 aliphatic carbocycles. The Morgan fingerprint density at radius 3 is 2.27 bits per heavy atom. The summed E-state index contributed by atoms with van der Waals surface area (Å²) in [5.41, 5.74) is 0.624. The van der Waals surface area contributed by atoms with Gasteiger partial charge in [-0.15, -0.1) is 0 Å². The summed E-state index contributed by atoms with van der Waals surface area (Å²) in [6, 6.07) is 4.03. The molecule has 2 rings (SSSR count). The van der Waals surface area contributed by atoms with Crippen molar-refractivity contribution in [2.75, 3.05) is 0 Å². The Bertz CT molecular complexity index is 473. The van der Waals surface area contributed by atoms with E-state index >= 15 is 0 Å². The lowest BCUT2D eigenvalue weighted by molar-refractivity contribution is 0.0696. The topological polar surface area (TPSA) is 71.4 Å². The molecule has 1 aromatic carbocycles. The monoisotopic (exact) mass is 204 g/mol. The van der Waals surface area contributed by atoms with Gasteiger partial charge in [-0.05, 0) is 18.2 Å². The van der Waals surface area contributed by atoms with Gasteiger partial charge in [-0.25, -0.2) is 4.79 Å². The summed E-state index contributed by atoms with van der Waals surface area (Å²) in [5, 5.41) is 8.74. The number of aromatic carboxylic acids is 1. The fraction of sp³-hybridized carbons (Fsp3) is 0.182. The molecule has 0 atom stereocenters. The van der Waals surface area contributed by atoms with E-state index in [1.165, 1.54) is 18.2 Å². The fourth-order valence-corrected chi connectivity index (χ4v) is 1.65. The minimum Gasteiger partial charge on any atom is -0.478 e. The molecule has 0 aliphatic heterocycles. The van der Waals surface area contributed by atoms with Crippen LogP contribution >= 0.6 is 0 Å². The van der Waals surface area contributed by atoms with Crippen molar-refractivity contribution in [1.29, 1.82) is 0 Å². The zero-order valence-corrected chi connectivity index (χ0v) is 7.82. The molecule has 1 aromatic rings. The maximum Gasteiger partial charge on any atom is 0.335 e. The molecule has 0 radical (unpaired) electrons. The van der Waals surface area contributed by atoms with E-state index in [1.807, 2.05) is 0 Å². The van der Waals surface area contributed by atoms with Gasteiger partial charge in [0.05, 0.1) is 5.56 Å². The molecule has 15 heavy (non-hydrogen) atoms. The molecule has 76 valence electrons. The van der Waals surface area contributed by atoms with Crippen molar-refractivity contribution in [3.05, 3.63) is 34.9 Å². The number of benzene rings is 1. The van der Waals surface area contributed by atoms with Crippen LogP contribution in [0, 0.1) is 0 Å². The van der Waals surface area contributed by atoms with Crippen LogP contribution < -0.4 is 0 Å². The Kier molecular flexibility index (Phi) is 2.11. The van der Waals surface area contributed by atoms with Crippen LogP contribution in [0.25, 0.3) is 0 Å². The molecule has 0 amide bonds. The van der Waals surface area contributed by atoms with Crippen LogP contribution in [0.5, 0.6) is 0 Å². The maximum absolute atomic E-state index is 11.5. The minimum atomic E-state index is -1.09. The van der Waals surface area contributed by atoms with E-state index < -0.39 is 5.97 Å². The second-order valence-corrected chi connectivity index (χ2v) is 3.41. The number of hydrogen-bond donors (Lipinski definition) is 1. The van der Waals surface area contributed by atoms with Crippen LogP contribution in [0.1, 0.15) is 43.9 Å². The van der Waals surface area contributed by atoms with Crippen molar-refractivity contribution >= 4 is 17.5 Å². The normalized spacial score (nSPS) is 14.9. The average molecular weight is 204 g/mol. The minimum absolute atomic E-state index is 0.0387. The first-order valence-corrected chi connectivity index (χ1v) is 4.53. The molecule has 0 fully saturated rings. The first kappa shape index (κ1) is 9.58. The summed E-state index contributed by atoms with van der Waals surface area (Å²) in [6.45, 7) is 0. The molecular formula is C11H8O4. The van der Waals surface area contributed by atoms with E-state index in [0.717, 1.165) is 0 Å². The molecule has 0 unspecified atom stereocenters. The van der Waals surface area contributed by atoms with Gasteiger partial charge in [-0.2, -0.15) is 0 Å². The molecular weight excluding hydrogens is 196 g/mol. The SMILES string of the molecule is O=C(O)c1ccc2c(c1)C(=O)CCC2=O. The zero-order chi connectivity index (χ0) is 11.0. The standard InChI is InChI=1S/C11H8O4/c12-9-3-4-10(13)8-5-6(11(14)15)1-2-7(8)9/h1-2,5H,3-4H2,(H,14,15). The Hall–Kier alpha value is -1.97. The third-order valence-electron chi connectivity index (χ3n) is 2.45. The Morgan fingerprint density at radius 2 is 1.67 bits per heavy atom. The third-order valence-corrected chi connectivity index (χ3v) is 2.45. The van der Waals surface area contributed by atoms with Crippen molar-refractivity contribution in [2.45, 2.75) is 12.8 Å². The molecule has 4 heteroatoms. The largest absolute Gasteiger partial charge is 0.478 e. The predicted octanol–water partition coefficient (Wildman–Crippen LogP) is 1.54. The van der Waals surface area contributed by atoms with E-state index in [0.29, 0.717) is 5.56 Å². The average Bonchev–Trinajstić information content (AvgIpc) is 2.23.